The van der Waals surface area contributed by atoms with E-state index in [-0.39, 0.29) is 24.3 Å². The molecule has 2 aliphatic rings. The van der Waals surface area contributed by atoms with E-state index >= 15 is 0 Å². The molecule has 1 aromatic heterocycles. The van der Waals surface area contributed by atoms with Crippen LogP contribution < -0.4 is 5.43 Å². The lowest BCUT2D eigenvalue weighted by Gasteiger charge is -2.19. The van der Waals surface area contributed by atoms with E-state index in [1.807, 2.05) is 47.4 Å². The summed E-state index contributed by atoms with van der Waals surface area (Å²) in [4.78, 5) is 49.4. The fourth-order valence-electron chi connectivity index (χ4n) is 4.76. The van der Waals surface area contributed by atoms with Gasteiger partial charge < -0.3 is 25.0 Å². The molecule has 0 unspecified atom stereocenters. The first-order chi connectivity index (χ1) is 16.4. The normalized spacial score (nSPS) is 18.8. The number of carboxylic acid groups (broad SMARTS) is 2. The third-order valence-corrected chi connectivity index (χ3v) is 6.16. The van der Waals surface area contributed by atoms with Gasteiger partial charge in [0.05, 0.1) is 0 Å². The van der Waals surface area contributed by atoms with Gasteiger partial charge in [-0.3, -0.25) is 19.2 Å². The number of aromatic amines is 1. The topological polar surface area (TPSA) is 131 Å². The summed E-state index contributed by atoms with van der Waals surface area (Å²) in [7, 11) is 2.16. The van der Waals surface area contributed by atoms with Crippen molar-refractivity contribution in [2.45, 2.75) is 0 Å². The van der Waals surface area contributed by atoms with Gasteiger partial charge in [0.1, 0.15) is 0 Å². The van der Waals surface area contributed by atoms with Gasteiger partial charge in [-0.25, -0.2) is 0 Å². The van der Waals surface area contributed by atoms with Crippen molar-refractivity contribution in [3.63, 3.8) is 0 Å². The molecule has 9 heteroatoms. The van der Waals surface area contributed by atoms with Gasteiger partial charge in [0.25, 0.3) is 18.9 Å². The number of carbonyl (C=O) groups is 3. The first-order valence-electron chi connectivity index (χ1n) is 10.8. The molecule has 3 heterocycles. The fourth-order valence-corrected chi connectivity index (χ4v) is 4.76. The van der Waals surface area contributed by atoms with E-state index in [0.29, 0.717) is 22.8 Å². The Morgan fingerprint density at radius 2 is 1.56 bits per heavy atom. The number of amides is 1. The molecule has 1 amide bonds. The van der Waals surface area contributed by atoms with Gasteiger partial charge in [-0.1, -0.05) is 18.2 Å². The third kappa shape index (κ3) is 5.49. The summed E-state index contributed by atoms with van der Waals surface area (Å²) < 4.78 is 0. The SMILES string of the molecule is CN1C[C@@H]2CN(C(=O)c3cccc(-c4ccc5[nH]ccc(=O)c5c4)c3)C[C@@H]2C1.O=CO.O=CO. The summed E-state index contributed by atoms with van der Waals surface area (Å²) in [5, 5.41) is 14.4. The molecule has 3 N–H and O–H groups in total. The van der Waals surface area contributed by atoms with E-state index < -0.39 is 0 Å². The number of benzene rings is 2. The number of pyridine rings is 1. The molecule has 2 saturated heterocycles. The lowest BCUT2D eigenvalue weighted by molar-refractivity contribution is -0.123. The highest BCUT2D eigenvalue weighted by Gasteiger charge is 2.40. The second-order valence-electron chi connectivity index (χ2n) is 8.35. The molecule has 3 aromatic rings. The number of hydrogen-bond donors (Lipinski definition) is 3. The Morgan fingerprint density at radius 3 is 2.21 bits per heavy atom. The molecular weight excluding hydrogens is 438 g/mol. The number of nitrogens with zero attached hydrogens (tertiary/aromatic N) is 2. The molecule has 34 heavy (non-hydrogen) atoms. The molecule has 5 rings (SSSR count). The maximum Gasteiger partial charge on any atom is 0.290 e. The maximum absolute atomic E-state index is 13.1. The van der Waals surface area contributed by atoms with Crippen LogP contribution in [0.2, 0.25) is 0 Å². The molecule has 0 radical (unpaired) electrons. The smallest absolute Gasteiger partial charge is 0.290 e. The number of nitrogens with one attached hydrogen (secondary N) is 1. The van der Waals surface area contributed by atoms with Gasteiger partial charge in [0, 0.05) is 54.9 Å². The molecule has 178 valence electrons. The van der Waals surface area contributed by atoms with Crippen LogP contribution in [0.15, 0.2) is 59.5 Å². The molecule has 9 nitrogen and oxygen atoms in total. The molecule has 0 bridgehead atoms. The maximum atomic E-state index is 13.1. The van der Waals surface area contributed by atoms with Crippen molar-refractivity contribution in [2.24, 2.45) is 11.8 Å². The molecule has 2 aromatic carbocycles. The zero-order valence-corrected chi connectivity index (χ0v) is 18.8. The number of likely N-dealkylation sites (tertiary alicyclic amines) is 2. The van der Waals surface area contributed by atoms with Crippen LogP contribution in [0.5, 0.6) is 0 Å². The molecule has 2 aliphatic heterocycles. The van der Waals surface area contributed by atoms with Crippen molar-refractivity contribution in [3.8, 4) is 11.1 Å². The third-order valence-electron chi connectivity index (χ3n) is 6.16. The number of aromatic nitrogens is 1. The number of hydrogen-bond acceptors (Lipinski definition) is 5. The minimum Gasteiger partial charge on any atom is -0.483 e. The molecule has 2 atom stereocenters. The first-order valence-corrected chi connectivity index (χ1v) is 10.8. The highest BCUT2D eigenvalue weighted by molar-refractivity contribution is 5.96. The van der Waals surface area contributed by atoms with Crippen LogP contribution in [0, 0.1) is 11.8 Å². The van der Waals surface area contributed by atoms with Crippen LogP contribution in [0.3, 0.4) is 0 Å². The van der Waals surface area contributed by atoms with Crippen LogP contribution in [0.1, 0.15) is 10.4 Å². The van der Waals surface area contributed by atoms with Gasteiger partial charge in [-0.05, 0) is 54.3 Å². The Labute approximate surface area is 196 Å². The Kier molecular flexibility index (Phi) is 8.15. The summed E-state index contributed by atoms with van der Waals surface area (Å²) in [6.07, 6.45) is 1.66. The minimum absolute atomic E-state index is 0.00333. The van der Waals surface area contributed by atoms with Crippen LogP contribution in [0.25, 0.3) is 22.0 Å². The zero-order valence-electron chi connectivity index (χ0n) is 18.8. The summed E-state index contributed by atoms with van der Waals surface area (Å²) in [6, 6.07) is 15.1. The molecule has 0 spiro atoms. The number of carbonyl (C=O) groups excluding carboxylic acids is 1. The fraction of sp³-hybridized carbons (Fsp3) is 0.280. The monoisotopic (exact) mass is 465 g/mol. The first kappa shape index (κ1) is 24.7. The average molecular weight is 466 g/mol. The van der Waals surface area contributed by atoms with Crippen molar-refractivity contribution in [1.82, 2.24) is 14.8 Å². The highest BCUT2D eigenvalue weighted by Crippen LogP contribution is 2.31. The minimum atomic E-state index is -0.250. The van der Waals surface area contributed by atoms with Crippen LogP contribution in [-0.2, 0) is 9.59 Å². The highest BCUT2D eigenvalue weighted by atomic mass is 16.3. The van der Waals surface area contributed by atoms with Crippen molar-refractivity contribution in [1.29, 1.82) is 0 Å². The molecule has 2 fully saturated rings. The Morgan fingerprint density at radius 1 is 0.941 bits per heavy atom. The summed E-state index contributed by atoms with van der Waals surface area (Å²) >= 11 is 0. The van der Waals surface area contributed by atoms with E-state index in [9.17, 15) is 9.59 Å². The molecular formula is C25H27N3O6. The van der Waals surface area contributed by atoms with Crippen molar-refractivity contribution < 1.29 is 24.6 Å². The predicted molar refractivity (Wildman–Crippen MR) is 128 cm³/mol. The summed E-state index contributed by atoms with van der Waals surface area (Å²) in [5.74, 6) is 1.31. The van der Waals surface area contributed by atoms with Crippen LogP contribution in [0.4, 0.5) is 0 Å². The van der Waals surface area contributed by atoms with Gasteiger partial charge in [0.2, 0.25) is 0 Å². The van der Waals surface area contributed by atoms with E-state index in [2.05, 4.69) is 16.9 Å². The van der Waals surface area contributed by atoms with Gasteiger partial charge in [-0.15, -0.1) is 0 Å². The second kappa shape index (κ2) is 11.2. The van der Waals surface area contributed by atoms with E-state index in [1.54, 1.807) is 6.20 Å². The van der Waals surface area contributed by atoms with E-state index in [1.165, 1.54) is 6.07 Å². The average Bonchev–Trinajstić information content (AvgIpc) is 3.37. The predicted octanol–water partition coefficient (Wildman–Crippen LogP) is 2.23. The van der Waals surface area contributed by atoms with E-state index in [0.717, 1.165) is 42.8 Å². The van der Waals surface area contributed by atoms with Gasteiger partial charge in [0.15, 0.2) is 5.43 Å². The lowest BCUT2D eigenvalue weighted by atomic mass is 10.0. The summed E-state index contributed by atoms with van der Waals surface area (Å²) in [6.45, 7) is 3.37. The lowest BCUT2D eigenvalue weighted by Crippen LogP contribution is -2.32. The molecule has 0 saturated carbocycles. The standard InChI is InChI=1S/C23H23N3O2.2CH2O2/c1-25-11-18-13-26(14-19(18)12-25)23(28)17-4-2-3-15(9-17)16-5-6-21-20(10-16)22(27)7-8-24-21;2*2-1-3/h2-10,18-19H,11-14H2,1H3,(H,24,27);2*1H,(H,2,3)/t18-,19+;;. The van der Waals surface area contributed by atoms with Gasteiger partial charge >= 0.3 is 0 Å². The molecule has 0 aliphatic carbocycles. The second-order valence-corrected chi connectivity index (χ2v) is 8.35. The largest absolute Gasteiger partial charge is 0.483 e. The van der Waals surface area contributed by atoms with Crippen LogP contribution in [-0.4, -0.2) is 77.1 Å². The quantitative estimate of drug-likeness (QED) is 0.495. The Balaban J connectivity index is 0.000000492. The summed E-state index contributed by atoms with van der Waals surface area (Å²) in [5.41, 5.74) is 3.43. The van der Waals surface area contributed by atoms with Crippen LogP contribution >= 0.6 is 0 Å². The van der Waals surface area contributed by atoms with Crippen molar-refractivity contribution in [3.05, 3.63) is 70.5 Å². The van der Waals surface area contributed by atoms with Crippen molar-refractivity contribution >= 4 is 29.8 Å². The number of rotatable bonds is 2. The van der Waals surface area contributed by atoms with Gasteiger partial charge in [-0.2, -0.15) is 0 Å². The Hall–Kier alpha value is -3.98. The number of H-pyrrole nitrogens is 1. The van der Waals surface area contributed by atoms with Crippen molar-refractivity contribution in [2.75, 3.05) is 33.2 Å². The zero-order chi connectivity index (χ0) is 24.7. The van der Waals surface area contributed by atoms with E-state index in [4.69, 9.17) is 19.8 Å². The number of fused-ring (bicyclic) bond motifs is 2. The Bertz CT molecular complexity index is 1200.